The van der Waals surface area contributed by atoms with Crippen molar-refractivity contribution in [3.8, 4) is 0 Å². The third-order valence-corrected chi connectivity index (χ3v) is 4.30. The summed E-state index contributed by atoms with van der Waals surface area (Å²) in [6, 6.07) is 0. The predicted octanol–water partition coefficient (Wildman–Crippen LogP) is 0.670. The van der Waals surface area contributed by atoms with Crippen molar-refractivity contribution in [2.45, 2.75) is 32.6 Å². The van der Waals surface area contributed by atoms with Gasteiger partial charge in [-0.15, -0.1) is 0 Å². The summed E-state index contributed by atoms with van der Waals surface area (Å²) in [4.78, 5) is 16.1. The maximum absolute atomic E-state index is 11.5. The molecule has 2 fully saturated rings. The van der Waals surface area contributed by atoms with Crippen molar-refractivity contribution < 1.29 is 4.79 Å². The number of likely N-dealkylation sites (tertiary alicyclic amines) is 2. The number of amides is 1. The van der Waals surface area contributed by atoms with Crippen LogP contribution in [0.1, 0.15) is 32.6 Å². The molecule has 0 atom stereocenters. The SMILES string of the molecule is CCC(=O)N1CC2(CCN(CCCN)CC2)C1. The molecule has 0 aromatic heterocycles. The standard InChI is InChI=1S/C13H25N3O/c1-2-12(17)16-10-13(11-16)4-8-15(9-5-13)7-3-6-14/h2-11,14H2,1H3. The number of nitrogens with two attached hydrogens (primary N) is 1. The van der Waals surface area contributed by atoms with Crippen LogP contribution in [0.5, 0.6) is 0 Å². The van der Waals surface area contributed by atoms with E-state index >= 15 is 0 Å². The highest BCUT2D eigenvalue weighted by Crippen LogP contribution is 2.40. The van der Waals surface area contributed by atoms with Crippen LogP contribution in [0.2, 0.25) is 0 Å². The van der Waals surface area contributed by atoms with E-state index in [-0.39, 0.29) is 0 Å². The van der Waals surface area contributed by atoms with Crippen LogP contribution in [0, 0.1) is 5.41 Å². The Morgan fingerprint density at radius 2 is 1.94 bits per heavy atom. The molecule has 4 nitrogen and oxygen atoms in total. The minimum Gasteiger partial charge on any atom is -0.341 e. The van der Waals surface area contributed by atoms with Crippen LogP contribution in [0.4, 0.5) is 0 Å². The van der Waals surface area contributed by atoms with Crippen molar-refractivity contribution in [2.75, 3.05) is 39.3 Å². The van der Waals surface area contributed by atoms with Gasteiger partial charge in [0.25, 0.3) is 0 Å². The molecule has 2 rings (SSSR count). The Kier molecular flexibility index (Phi) is 4.05. The highest BCUT2D eigenvalue weighted by Gasteiger charge is 2.45. The van der Waals surface area contributed by atoms with Crippen molar-refractivity contribution in [3.05, 3.63) is 0 Å². The highest BCUT2D eigenvalue weighted by atomic mass is 16.2. The zero-order chi connectivity index (χ0) is 12.3. The smallest absolute Gasteiger partial charge is 0.222 e. The molecule has 0 bridgehead atoms. The molecule has 0 saturated carbocycles. The maximum atomic E-state index is 11.5. The first kappa shape index (κ1) is 12.8. The molecular formula is C13H25N3O. The molecule has 0 aromatic rings. The van der Waals surface area contributed by atoms with Gasteiger partial charge in [-0.25, -0.2) is 0 Å². The summed E-state index contributed by atoms with van der Waals surface area (Å²) in [5, 5.41) is 0. The summed E-state index contributed by atoms with van der Waals surface area (Å²) in [5.74, 6) is 0.321. The van der Waals surface area contributed by atoms with Gasteiger partial charge in [-0.05, 0) is 45.4 Å². The zero-order valence-corrected chi connectivity index (χ0v) is 11.0. The summed E-state index contributed by atoms with van der Waals surface area (Å²) in [7, 11) is 0. The van der Waals surface area contributed by atoms with Gasteiger partial charge in [-0.3, -0.25) is 4.79 Å². The van der Waals surface area contributed by atoms with Crippen LogP contribution in [-0.2, 0) is 4.79 Å². The van der Waals surface area contributed by atoms with Crippen LogP contribution < -0.4 is 5.73 Å². The lowest BCUT2D eigenvalue weighted by molar-refractivity contribution is -0.146. The number of hydrogen-bond donors (Lipinski definition) is 1. The Morgan fingerprint density at radius 3 is 2.47 bits per heavy atom. The normalized spacial score (nSPS) is 23.8. The third kappa shape index (κ3) is 2.80. The first-order chi connectivity index (χ1) is 8.19. The predicted molar refractivity (Wildman–Crippen MR) is 68.6 cm³/mol. The maximum Gasteiger partial charge on any atom is 0.222 e. The van der Waals surface area contributed by atoms with E-state index in [0.717, 1.165) is 32.6 Å². The second-order valence-corrected chi connectivity index (χ2v) is 5.59. The number of rotatable bonds is 4. The molecule has 2 aliphatic rings. The molecule has 2 saturated heterocycles. The summed E-state index contributed by atoms with van der Waals surface area (Å²) in [6.07, 6.45) is 4.27. The van der Waals surface area contributed by atoms with Gasteiger partial charge in [0.2, 0.25) is 5.91 Å². The highest BCUT2D eigenvalue weighted by molar-refractivity contribution is 5.76. The summed E-state index contributed by atoms with van der Waals surface area (Å²) in [5.41, 5.74) is 5.99. The third-order valence-electron chi connectivity index (χ3n) is 4.30. The summed E-state index contributed by atoms with van der Waals surface area (Å²) < 4.78 is 0. The number of carbonyl (C=O) groups excluding carboxylic acids is 1. The van der Waals surface area contributed by atoms with E-state index < -0.39 is 0 Å². The molecule has 4 heteroatoms. The van der Waals surface area contributed by atoms with Gasteiger partial charge in [0.15, 0.2) is 0 Å². The molecule has 98 valence electrons. The molecule has 2 aliphatic heterocycles. The Hall–Kier alpha value is -0.610. The first-order valence-corrected chi connectivity index (χ1v) is 6.89. The second-order valence-electron chi connectivity index (χ2n) is 5.59. The van der Waals surface area contributed by atoms with Gasteiger partial charge in [0.05, 0.1) is 0 Å². The first-order valence-electron chi connectivity index (χ1n) is 6.89. The molecule has 17 heavy (non-hydrogen) atoms. The fourth-order valence-corrected chi connectivity index (χ4v) is 3.05. The molecule has 0 aliphatic carbocycles. The van der Waals surface area contributed by atoms with E-state index in [2.05, 4.69) is 4.90 Å². The number of piperidine rings is 1. The zero-order valence-electron chi connectivity index (χ0n) is 11.0. The molecule has 2 heterocycles. The van der Waals surface area contributed by atoms with Crippen LogP contribution >= 0.6 is 0 Å². The van der Waals surface area contributed by atoms with Crippen LogP contribution in [0.25, 0.3) is 0 Å². The lowest BCUT2D eigenvalue weighted by Gasteiger charge is -2.54. The van der Waals surface area contributed by atoms with Crippen molar-refractivity contribution in [1.82, 2.24) is 9.80 Å². The average Bonchev–Trinajstić information content (AvgIpc) is 2.33. The fourth-order valence-electron chi connectivity index (χ4n) is 3.05. The Morgan fingerprint density at radius 1 is 1.29 bits per heavy atom. The van der Waals surface area contributed by atoms with E-state index in [1.54, 1.807) is 0 Å². The molecule has 0 aromatic carbocycles. The lowest BCUT2D eigenvalue weighted by atomic mass is 9.72. The van der Waals surface area contributed by atoms with E-state index in [1.165, 1.54) is 25.9 Å². The molecule has 2 N–H and O–H groups in total. The minimum absolute atomic E-state index is 0.321. The van der Waals surface area contributed by atoms with Gasteiger partial charge < -0.3 is 15.5 Å². The molecule has 1 amide bonds. The molecule has 0 unspecified atom stereocenters. The topological polar surface area (TPSA) is 49.6 Å². The fraction of sp³-hybridized carbons (Fsp3) is 0.923. The Balaban J connectivity index is 1.72. The monoisotopic (exact) mass is 239 g/mol. The van der Waals surface area contributed by atoms with Gasteiger partial charge in [0.1, 0.15) is 0 Å². The van der Waals surface area contributed by atoms with Crippen LogP contribution in [0.15, 0.2) is 0 Å². The Labute approximate surface area is 104 Å². The molecule has 0 radical (unpaired) electrons. The minimum atomic E-state index is 0.321. The van der Waals surface area contributed by atoms with Gasteiger partial charge in [-0.2, -0.15) is 0 Å². The van der Waals surface area contributed by atoms with E-state index in [0.29, 0.717) is 17.7 Å². The van der Waals surface area contributed by atoms with Crippen molar-refractivity contribution in [3.63, 3.8) is 0 Å². The van der Waals surface area contributed by atoms with Crippen molar-refractivity contribution in [2.24, 2.45) is 11.1 Å². The van der Waals surface area contributed by atoms with Crippen molar-refractivity contribution in [1.29, 1.82) is 0 Å². The van der Waals surface area contributed by atoms with Crippen LogP contribution in [-0.4, -0.2) is 55.0 Å². The molecular weight excluding hydrogens is 214 g/mol. The van der Waals surface area contributed by atoms with Gasteiger partial charge in [0, 0.05) is 24.9 Å². The van der Waals surface area contributed by atoms with E-state index in [1.807, 2.05) is 11.8 Å². The Bertz CT molecular complexity index is 264. The average molecular weight is 239 g/mol. The van der Waals surface area contributed by atoms with E-state index in [4.69, 9.17) is 5.73 Å². The van der Waals surface area contributed by atoms with Crippen LogP contribution in [0.3, 0.4) is 0 Å². The lowest BCUT2D eigenvalue weighted by Crippen LogP contribution is -2.61. The van der Waals surface area contributed by atoms with Gasteiger partial charge >= 0.3 is 0 Å². The number of hydrogen-bond acceptors (Lipinski definition) is 3. The van der Waals surface area contributed by atoms with Crippen molar-refractivity contribution >= 4 is 5.91 Å². The number of nitrogens with zero attached hydrogens (tertiary/aromatic N) is 2. The second kappa shape index (κ2) is 5.36. The van der Waals surface area contributed by atoms with E-state index in [9.17, 15) is 4.79 Å². The quantitative estimate of drug-likeness (QED) is 0.784. The summed E-state index contributed by atoms with van der Waals surface area (Å²) in [6.45, 7) is 8.27. The van der Waals surface area contributed by atoms with Gasteiger partial charge in [-0.1, -0.05) is 6.92 Å². The largest absolute Gasteiger partial charge is 0.341 e. The molecule has 1 spiro atoms. The number of carbonyl (C=O) groups is 1. The summed E-state index contributed by atoms with van der Waals surface area (Å²) >= 11 is 0.